The fourth-order valence-electron chi connectivity index (χ4n) is 6.22. The van der Waals surface area contributed by atoms with E-state index in [0.717, 1.165) is 5.56 Å². The topological polar surface area (TPSA) is 283 Å². The Balaban J connectivity index is 0.990. The second-order valence-corrected chi connectivity index (χ2v) is 12.1. The van der Waals surface area contributed by atoms with Crippen LogP contribution in [0.3, 0.4) is 0 Å². The fraction of sp³-hybridized carbons (Fsp3) is 0.452. The van der Waals surface area contributed by atoms with Crippen LogP contribution in [0.15, 0.2) is 55.6 Å². The first-order valence-corrected chi connectivity index (χ1v) is 16.2. The minimum atomic E-state index is -1.37. The van der Waals surface area contributed by atoms with Crippen molar-refractivity contribution >= 4 is 39.9 Å². The molecule has 20 nitrogen and oxygen atoms in total. The Morgan fingerprint density at radius 1 is 0.784 bits per heavy atom. The molecule has 2 aliphatic rings. The SMILES string of the molecule is N[C@@H](Cc1ccccc1)C(=O)O[C@H]1[C@@H](O)[C@H](n2cnc3c(NCCNc4ncnc5c4ncn5[C@@H]4O[C@H](CO)[C@@H](O)[C@H]4O)ncnc32)O[C@@H]1CO. The molecule has 270 valence electrons. The first-order chi connectivity index (χ1) is 24.8. The second-order valence-electron chi connectivity index (χ2n) is 12.1. The zero-order valence-corrected chi connectivity index (χ0v) is 27.0. The van der Waals surface area contributed by atoms with Crippen molar-refractivity contribution in [3.63, 3.8) is 0 Å². The minimum absolute atomic E-state index is 0.234. The van der Waals surface area contributed by atoms with Gasteiger partial charge in [0.1, 0.15) is 49.2 Å². The number of anilines is 2. The fourth-order valence-corrected chi connectivity index (χ4v) is 6.22. The summed E-state index contributed by atoms with van der Waals surface area (Å²) >= 11 is 0. The number of aliphatic hydroxyl groups is 5. The Labute approximate surface area is 288 Å². The molecular weight excluding hydrogens is 670 g/mol. The van der Waals surface area contributed by atoms with E-state index in [1.165, 1.54) is 34.4 Å². The zero-order valence-electron chi connectivity index (χ0n) is 27.0. The smallest absolute Gasteiger partial charge is 0.323 e. The number of aliphatic hydroxyl groups excluding tert-OH is 5. The average molecular weight is 708 g/mol. The molecule has 0 unspecified atom stereocenters. The predicted octanol–water partition coefficient (Wildman–Crippen LogP) is -2.17. The molecule has 0 radical (unpaired) electrons. The number of imidazole rings is 2. The van der Waals surface area contributed by atoms with Crippen molar-refractivity contribution in [2.24, 2.45) is 5.73 Å². The van der Waals surface area contributed by atoms with Gasteiger partial charge in [0.2, 0.25) is 0 Å². The van der Waals surface area contributed by atoms with Crippen LogP contribution in [0.25, 0.3) is 22.3 Å². The largest absolute Gasteiger partial charge is 0.455 e. The van der Waals surface area contributed by atoms with E-state index < -0.39 is 74.3 Å². The van der Waals surface area contributed by atoms with Crippen molar-refractivity contribution in [1.29, 1.82) is 0 Å². The van der Waals surface area contributed by atoms with E-state index in [-0.39, 0.29) is 6.42 Å². The van der Waals surface area contributed by atoms with Gasteiger partial charge in [-0.15, -0.1) is 0 Å². The molecule has 4 aromatic heterocycles. The molecular formula is C31H37N11O9. The summed E-state index contributed by atoms with van der Waals surface area (Å²) in [6.07, 6.45) is -3.50. The maximum Gasteiger partial charge on any atom is 0.323 e. The summed E-state index contributed by atoms with van der Waals surface area (Å²) in [7, 11) is 0. The van der Waals surface area contributed by atoms with Gasteiger partial charge in [-0.1, -0.05) is 30.3 Å². The average Bonchev–Trinajstić information content (AvgIpc) is 3.91. The summed E-state index contributed by atoms with van der Waals surface area (Å²) in [6, 6.07) is 8.22. The number of hydrogen-bond donors (Lipinski definition) is 8. The Morgan fingerprint density at radius 3 is 1.88 bits per heavy atom. The Bertz CT molecular complexity index is 1960. The number of aromatic nitrogens is 8. The van der Waals surface area contributed by atoms with Gasteiger partial charge in [-0.05, 0) is 12.0 Å². The summed E-state index contributed by atoms with van der Waals surface area (Å²) < 4.78 is 20.0. The van der Waals surface area contributed by atoms with Gasteiger partial charge >= 0.3 is 5.97 Å². The number of nitrogens with two attached hydrogens (primary N) is 1. The molecule has 0 amide bonds. The van der Waals surface area contributed by atoms with Gasteiger partial charge in [0.25, 0.3) is 0 Å². The van der Waals surface area contributed by atoms with Gasteiger partial charge in [-0.25, -0.2) is 29.9 Å². The van der Waals surface area contributed by atoms with Crippen LogP contribution < -0.4 is 16.4 Å². The van der Waals surface area contributed by atoms with Crippen molar-refractivity contribution in [2.75, 3.05) is 36.9 Å². The number of esters is 1. The second kappa shape index (κ2) is 14.7. The minimum Gasteiger partial charge on any atom is -0.455 e. The highest BCUT2D eigenvalue weighted by Gasteiger charge is 2.48. The maximum atomic E-state index is 12.8. The van der Waals surface area contributed by atoms with Crippen molar-refractivity contribution in [2.45, 2.75) is 61.5 Å². The lowest BCUT2D eigenvalue weighted by Crippen LogP contribution is -2.43. The molecule has 51 heavy (non-hydrogen) atoms. The van der Waals surface area contributed by atoms with Crippen LogP contribution in [0.4, 0.5) is 11.6 Å². The molecule has 2 aliphatic heterocycles. The summed E-state index contributed by atoms with van der Waals surface area (Å²) in [5.41, 5.74) is 8.39. The van der Waals surface area contributed by atoms with Crippen molar-refractivity contribution < 1.29 is 44.5 Å². The van der Waals surface area contributed by atoms with E-state index in [1.54, 1.807) is 0 Å². The van der Waals surface area contributed by atoms with Crippen molar-refractivity contribution in [3.05, 3.63) is 61.2 Å². The molecule has 2 fully saturated rings. The maximum absolute atomic E-state index is 12.8. The molecule has 2 saturated heterocycles. The number of rotatable bonds is 13. The Kier molecular flexibility index (Phi) is 9.97. The van der Waals surface area contributed by atoms with E-state index in [2.05, 4.69) is 40.5 Å². The van der Waals surface area contributed by atoms with Gasteiger partial charge in [-0.2, -0.15) is 0 Å². The number of nitrogens with one attached hydrogen (secondary N) is 2. The monoisotopic (exact) mass is 707 g/mol. The van der Waals surface area contributed by atoms with E-state index in [4.69, 9.17) is 19.9 Å². The number of benzene rings is 1. The third-order valence-electron chi connectivity index (χ3n) is 8.84. The van der Waals surface area contributed by atoms with E-state index in [1.807, 2.05) is 30.3 Å². The van der Waals surface area contributed by atoms with Crippen LogP contribution in [-0.2, 0) is 25.4 Å². The quantitative estimate of drug-likeness (QED) is 0.0477. The molecule has 20 heteroatoms. The molecule has 5 aromatic rings. The van der Waals surface area contributed by atoms with Crippen LogP contribution in [0.2, 0.25) is 0 Å². The summed E-state index contributed by atoms with van der Waals surface area (Å²) in [4.78, 5) is 38.8. The lowest BCUT2D eigenvalue weighted by Gasteiger charge is -2.22. The molecule has 6 heterocycles. The first-order valence-electron chi connectivity index (χ1n) is 16.2. The molecule has 0 saturated carbocycles. The predicted molar refractivity (Wildman–Crippen MR) is 176 cm³/mol. The third-order valence-corrected chi connectivity index (χ3v) is 8.84. The van der Waals surface area contributed by atoms with E-state index in [9.17, 15) is 30.3 Å². The molecule has 9 N–H and O–H groups in total. The van der Waals surface area contributed by atoms with E-state index >= 15 is 0 Å². The molecule has 0 spiro atoms. The lowest BCUT2D eigenvalue weighted by molar-refractivity contribution is -0.158. The van der Waals surface area contributed by atoms with Gasteiger partial charge < -0.3 is 56.1 Å². The van der Waals surface area contributed by atoms with Crippen molar-refractivity contribution in [3.8, 4) is 0 Å². The molecule has 7 rings (SSSR count). The highest BCUT2D eigenvalue weighted by Crippen LogP contribution is 2.35. The zero-order chi connectivity index (χ0) is 35.6. The molecule has 0 aliphatic carbocycles. The van der Waals surface area contributed by atoms with E-state index in [0.29, 0.717) is 47.1 Å². The highest BCUT2D eigenvalue weighted by molar-refractivity contribution is 5.84. The third kappa shape index (κ3) is 6.66. The number of ether oxygens (including phenoxy) is 3. The first kappa shape index (κ1) is 34.5. The number of fused-ring (bicyclic) bond motifs is 2. The van der Waals surface area contributed by atoms with Gasteiger partial charge in [0, 0.05) is 13.1 Å². The molecule has 9 atom stereocenters. The van der Waals surface area contributed by atoms with Crippen LogP contribution in [0.5, 0.6) is 0 Å². The highest BCUT2D eigenvalue weighted by atomic mass is 16.6. The number of carbonyl (C=O) groups is 1. The molecule has 1 aromatic carbocycles. The molecule has 0 bridgehead atoms. The van der Waals surface area contributed by atoms with Crippen LogP contribution in [0.1, 0.15) is 18.0 Å². The van der Waals surface area contributed by atoms with Crippen LogP contribution >= 0.6 is 0 Å². The van der Waals surface area contributed by atoms with Gasteiger partial charge in [0.15, 0.2) is 52.5 Å². The van der Waals surface area contributed by atoms with Gasteiger partial charge in [-0.3, -0.25) is 13.9 Å². The van der Waals surface area contributed by atoms with Crippen molar-refractivity contribution in [1.82, 2.24) is 39.0 Å². The Hall–Kier alpha value is -4.93. The Morgan fingerprint density at radius 2 is 1.33 bits per heavy atom. The number of carbonyl (C=O) groups excluding carboxylic acids is 1. The summed E-state index contributed by atoms with van der Waals surface area (Å²) in [6.45, 7) is -0.292. The summed E-state index contributed by atoms with van der Waals surface area (Å²) in [5, 5.41) is 57.6. The van der Waals surface area contributed by atoms with Gasteiger partial charge in [0.05, 0.1) is 25.9 Å². The number of nitrogens with zero attached hydrogens (tertiary/aromatic N) is 8. The normalized spacial score (nSPS) is 26.9. The standard InChI is InChI=1S/C31H37N11O9/c32-16(8-15-4-2-1-3-5-15)31(48)51-24-18(10-44)50-30(23(24)47)42-14-40-20-26(36-12-38-28(20)42)34-7-6-33-25-19-27(37-11-35-25)41(13-39-19)29-22(46)21(45)17(9-43)49-29/h1-5,11-14,16-18,21-24,29-30,43-47H,6-10,32H2,(H,33,35,37)(H,34,36,38)/t16-,17+,18+,21+,22+,23+,24+,29+,30+/m0/s1. The van der Waals surface area contributed by atoms with Crippen LogP contribution in [-0.4, -0.2) is 140 Å². The number of hydrogen-bond acceptors (Lipinski definition) is 18. The summed E-state index contributed by atoms with van der Waals surface area (Å²) in [5.74, 6) is 0.0618. The van der Waals surface area contributed by atoms with Crippen LogP contribution in [0, 0.1) is 0 Å². The lowest BCUT2D eigenvalue weighted by atomic mass is 10.1.